The number of nitrogen functional groups attached to an aromatic ring is 1. The molecule has 3 nitrogen and oxygen atoms in total. The molecule has 1 aromatic heterocycles. The second-order valence-electron chi connectivity index (χ2n) is 3.95. The summed E-state index contributed by atoms with van der Waals surface area (Å²) < 4.78 is 0. The summed E-state index contributed by atoms with van der Waals surface area (Å²) in [7, 11) is 0. The van der Waals surface area contributed by atoms with Crippen LogP contribution in [0.15, 0.2) is 24.3 Å². The normalized spacial score (nSPS) is 10.5. The fraction of sp³-hybridized carbons (Fsp3) is 0.154. The van der Waals surface area contributed by atoms with Crippen LogP contribution in [0.4, 0.5) is 5.69 Å². The lowest BCUT2D eigenvalue weighted by Crippen LogP contribution is -1.98. The smallest absolute Gasteiger partial charge is 0.348 e. The Hall–Kier alpha value is -1.81. The van der Waals surface area contributed by atoms with Gasteiger partial charge in [-0.3, -0.25) is 0 Å². The van der Waals surface area contributed by atoms with E-state index in [1.165, 1.54) is 16.9 Å². The highest BCUT2D eigenvalue weighted by Crippen LogP contribution is 2.38. The third-order valence-corrected chi connectivity index (χ3v) is 3.76. The minimum absolute atomic E-state index is 0.220. The molecule has 0 spiro atoms. The molecule has 2 aromatic rings. The van der Waals surface area contributed by atoms with Crippen molar-refractivity contribution in [2.45, 2.75) is 13.8 Å². The summed E-state index contributed by atoms with van der Waals surface area (Å²) in [5, 5.41) is 9.02. The van der Waals surface area contributed by atoms with Crippen molar-refractivity contribution < 1.29 is 9.90 Å². The maximum Gasteiger partial charge on any atom is 0.348 e. The quantitative estimate of drug-likeness (QED) is 0.855. The third kappa shape index (κ3) is 2.03. The van der Waals surface area contributed by atoms with E-state index in [0.717, 1.165) is 16.0 Å². The molecule has 4 heteroatoms. The van der Waals surface area contributed by atoms with Gasteiger partial charge < -0.3 is 10.8 Å². The molecule has 0 fully saturated rings. The summed E-state index contributed by atoms with van der Waals surface area (Å²) in [6.45, 7) is 3.90. The van der Waals surface area contributed by atoms with Crippen molar-refractivity contribution >= 4 is 23.0 Å². The molecule has 0 atom stereocenters. The van der Waals surface area contributed by atoms with Gasteiger partial charge in [-0.15, -0.1) is 11.3 Å². The molecule has 0 saturated heterocycles. The average Bonchev–Trinajstić information content (AvgIpc) is 2.56. The number of nitrogens with two attached hydrogens (primary N) is 1. The maximum absolute atomic E-state index is 11.0. The number of anilines is 1. The van der Waals surface area contributed by atoms with E-state index in [1.54, 1.807) is 0 Å². The van der Waals surface area contributed by atoms with E-state index in [4.69, 9.17) is 10.8 Å². The number of thiophene rings is 1. The molecule has 1 heterocycles. The Bertz CT molecular complexity index is 570. The number of rotatable bonds is 2. The fourth-order valence-electron chi connectivity index (χ4n) is 1.80. The van der Waals surface area contributed by atoms with E-state index < -0.39 is 5.97 Å². The van der Waals surface area contributed by atoms with Crippen molar-refractivity contribution in [2.75, 3.05) is 5.73 Å². The Labute approximate surface area is 104 Å². The summed E-state index contributed by atoms with van der Waals surface area (Å²) in [5.41, 5.74) is 9.24. The molecule has 0 radical (unpaired) electrons. The van der Waals surface area contributed by atoms with Crippen LogP contribution in [0, 0.1) is 13.8 Å². The van der Waals surface area contributed by atoms with Gasteiger partial charge in [0.05, 0.1) is 5.69 Å². The molecule has 17 heavy (non-hydrogen) atoms. The van der Waals surface area contributed by atoms with E-state index in [9.17, 15) is 4.79 Å². The molecule has 0 amide bonds. The van der Waals surface area contributed by atoms with Crippen LogP contribution in [-0.2, 0) is 0 Å². The van der Waals surface area contributed by atoms with Gasteiger partial charge in [-0.1, -0.05) is 29.8 Å². The summed E-state index contributed by atoms with van der Waals surface area (Å²) in [5.74, 6) is -0.964. The molecular formula is C13H13NO2S. The van der Waals surface area contributed by atoms with Gasteiger partial charge in [0.2, 0.25) is 0 Å². The molecule has 0 aliphatic rings. The molecule has 0 saturated carbocycles. The maximum atomic E-state index is 11.0. The monoisotopic (exact) mass is 247 g/mol. The van der Waals surface area contributed by atoms with Crippen LogP contribution < -0.4 is 5.73 Å². The van der Waals surface area contributed by atoms with E-state index in [2.05, 4.69) is 0 Å². The Morgan fingerprint density at radius 2 is 1.82 bits per heavy atom. The van der Waals surface area contributed by atoms with Gasteiger partial charge in [-0.05, 0) is 19.4 Å². The molecule has 0 bridgehead atoms. The second-order valence-corrected chi connectivity index (χ2v) is 5.17. The standard InChI is InChI=1S/C13H13NO2S/c1-7-3-5-9(6-4-7)10-8(2)17-12(11(10)14)13(15)16/h3-6H,14H2,1-2H3,(H,15,16). The number of hydrogen-bond acceptors (Lipinski definition) is 3. The first-order valence-corrected chi connectivity index (χ1v) is 6.01. The highest BCUT2D eigenvalue weighted by atomic mass is 32.1. The van der Waals surface area contributed by atoms with Crippen LogP contribution >= 0.6 is 11.3 Å². The molecule has 1 aromatic carbocycles. The van der Waals surface area contributed by atoms with E-state index in [0.29, 0.717) is 5.69 Å². The number of aryl methyl sites for hydroxylation is 2. The van der Waals surface area contributed by atoms with E-state index >= 15 is 0 Å². The van der Waals surface area contributed by atoms with Gasteiger partial charge in [0.1, 0.15) is 4.88 Å². The van der Waals surface area contributed by atoms with Crippen molar-refractivity contribution in [1.29, 1.82) is 0 Å². The van der Waals surface area contributed by atoms with Crippen LogP contribution in [-0.4, -0.2) is 11.1 Å². The summed E-state index contributed by atoms with van der Waals surface area (Å²) >= 11 is 1.22. The number of carboxylic acids is 1. The third-order valence-electron chi connectivity index (χ3n) is 2.66. The van der Waals surface area contributed by atoms with Gasteiger partial charge in [0.15, 0.2) is 0 Å². The lowest BCUT2D eigenvalue weighted by Gasteiger charge is -2.03. The molecule has 0 unspecified atom stereocenters. The number of carbonyl (C=O) groups is 1. The predicted octanol–water partition coefficient (Wildman–Crippen LogP) is 3.31. The van der Waals surface area contributed by atoms with Crippen molar-refractivity contribution in [1.82, 2.24) is 0 Å². The van der Waals surface area contributed by atoms with Crippen molar-refractivity contribution in [2.24, 2.45) is 0 Å². The first-order chi connectivity index (χ1) is 8.00. The molecule has 3 N–H and O–H groups in total. The number of hydrogen-bond donors (Lipinski definition) is 2. The van der Waals surface area contributed by atoms with E-state index in [1.807, 2.05) is 38.1 Å². The first kappa shape index (κ1) is 11.7. The first-order valence-electron chi connectivity index (χ1n) is 5.20. The average molecular weight is 247 g/mol. The Morgan fingerprint density at radius 1 is 1.24 bits per heavy atom. The van der Waals surface area contributed by atoms with Crippen molar-refractivity contribution in [3.63, 3.8) is 0 Å². The van der Waals surface area contributed by atoms with Gasteiger partial charge in [-0.2, -0.15) is 0 Å². The number of benzene rings is 1. The van der Waals surface area contributed by atoms with E-state index in [-0.39, 0.29) is 4.88 Å². The lowest BCUT2D eigenvalue weighted by atomic mass is 10.0. The topological polar surface area (TPSA) is 63.3 Å². The van der Waals surface area contributed by atoms with Gasteiger partial charge in [-0.25, -0.2) is 4.79 Å². The summed E-state index contributed by atoms with van der Waals surface area (Å²) in [6, 6.07) is 7.91. The summed E-state index contributed by atoms with van der Waals surface area (Å²) in [6.07, 6.45) is 0. The molecule has 88 valence electrons. The number of carboxylic acid groups (broad SMARTS) is 1. The molecule has 0 aliphatic carbocycles. The molecule has 2 rings (SSSR count). The van der Waals surface area contributed by atoms with Crippen LogP contribution in [0.5, 0.6) is 0 Å². The molecule has 0 aliphatic heterocycles. The van der Waals surface area contributed by atoms with Gasteiger partial charge >= 0.3 is 5.97 Å². The fourth-order valence-corrected chi connectivity index (χ4v) is 2.74. The highest BCUT2D eigenvalue weighted by molar-refractivity contribution is 7.15. The zero-order valence-electron chi connectivity index (χ0n) is 9.65. The van der Waals surface area contributed by atoms with Gasteiger partial charge in [0, 0.05) is 10.4 Å². The number of aromatic carboxylic acids is 1. The van der Waals surface area contributed by atoms with Crippen LogP contribution in [0.3, 0.4) is 0 Å². The highest BCUT2D eigenvalue weighted by Gasteiger charge is 2.19. The van der Waals surface area contributed by atoms with Crippen LogP contribution in [0.25, 0.3) is 11.1 Å². The largest absolute Gasteiger partial charge is 0.477 e. The predicted molar refractivity (Wildman–Crippen MR) is 70.6 cm³/mol. The zero-order chi connectivity index (χ0) is 12.6. The SMILES string of the molecule is Cc1ccc(-c2c(C)sc(C(=O)O)c2N)cc1. The van der Waals surface area contributed by atoms with Crippen molar-refractivity contribution in [3.05, 3.63) is 39.6 Å². The van der Waals surface area contributed by atoms with Crippen LogP contribution in [0.2, 0.25) is 0 Å². The second kappa shape index (κ2) is 4.22. The minimum Gasteiger partial charge on any atom is -0.477 e. The molecular weight excluding hydrogens is 234 g/mol. The Balaban J connectivity index is 2.59. The zero-order valence-corrected chi connectivity index (χ0v) is 10.5. The lowest BCUT2D eigenvalue weighted by molar-refractivity contribution is 0.0703. The van der Waals surface area contributed by atoms with Gasteiger partial charge in [0.25, 0.3) is 0 Å². The van der Waals surface area contributed by atoms with Crippen molar-refractivity contribution in [3.8, 4) is 11.1 Å². The Morgan fingerprint density at radius 3 is 2.29 bits per heavy atom. The Kier molecular flexibility index (Phi) is 2.90. The summed E-state index contributed by atoms with van der Waals surface area (Å²) in [4.78, 5) is 12.2. The van der Waals surface area contributed by atoms with Crippen LogP contribution in [0.1, 0.15) is 20.1 Å². The minimum atomic E-state index is -0.964.